The van der Waals surface area contributed by atoms with Gasteiger partial charge in [-0.15, -0.1) is 0 Å². The van der Waals surface area contributed by atoms with Crippen LogP contribution < -0.4 is 15.5 Å². The van der Waals surface area contributed by atoms with Crippen LogP contribution in [0.15, 0.2) is 72.8 Å². The quantitative estimate of drug-likeness (QED) is 0.592. The van der Waals surface area contributed by atoms with Gasteiger partial charge in [0, 0.05) is 0 Å². The molecule has 1 amide bonds. The van der Waals surface area contributed by atoms with Crippen molar-refractivity contribution >= 4 is 11.6 Å². The van der Waals surface area contributed by atoms with Crippen molar-refractivity contribution in [3.8, 4) is 11.5 Å². The maximum Gasteiger partial charge on any atom is 0.267 e. The first-order valence-corrected chi connectivity index (χ1v) is 8.93. The summed E-state index contributed by atoms with van der Waals surface area (Å²) >= 11 is 0. The Morgan fingerprint density at radius 1 is 0.966 bits per heavy atom. The van der Waals surface area contributed by atoms with E-state index in [1.807, 2.05) is 0 Å². The van der Waals surface area contributed by atoms with Gasteiger partial charge >= 0.3 is 0 Å². The molecule has 1 unspecified atom stereocenters. The Labute approximate surface area is 167 Å². The van der Waals surface area contributed by atoms with Crippen LogP contribution in [0.2, 0.25) is 0 Å². The molecule has 0 aromatic heterocycles. The number of amides is 1. The van der Waals surface area contributed by atoms with Crippen molar-refractivity contribution in [2.24, 2.45) is 5.73 Å². The first-order chi connectivity index (χ1) is 13.9. The predicted octanol–water partition coefficient (Wildman–Crippen LogP) is 4.57. The molecular formula is C22H20F2N2O3. The van der Waals surface area contributed by atoms with E-state index in [1.165, 1.54) is 36.4 Å². The van der Waals surface area contributed by atoms with Crippen molar-refractivity contribution in [3.63, 3.8) is 0 Å². The fraction of sp³-hybridized carbons (Fsp3) is 0.136. The van der Waals surface area contributed by atoms with Crippen LogP contribution in [-0.2, 0) is 16.2 Å². The van der Waals surface area contributed by atoms with Gasteiger partial charge in [0.2, 0.25) is 0 Å². The van der Waals surface area contributed by atoms with Gasteiger partial charge in [0.1, 0.15) is 29.7 Å². The zero-order chi connectivity index (χ0) is 20.8. The maximum absolute atomic E-state index is 13.4. The summed E-state index contributed by atoms with van der Waals surface area (Å²) in [4.78, 5) is 18.1. The Hall–Kier alpha value is -3.29. The molecule has 0 spiro atoms. The third-order valence-electron chi connectivity index (χ3n) is 3.96. The molecule has 0 saturated carbocycles. The molecule has 7 heteroatoms. The number of hydrogen-bond acceptors (Lipinski definition) is 4. The molecular weight excluding hydrogens is 378 g/mol. The smallest absolute Gasteiger partial charge is 0.267 e. The topological polar surface area (TPSA) is 64.8 Å². The zero-order valence-electron chi connectivity index (χ0n) is 15.7. The molecule has 0 aliphatic heterocycles. The summed E-state index contributed by atoms with van der Waals surface area (Å²) in [7, 11) is 0. The summed E-state index contributed by atoms with van der Waals surface area (Å²) in [5.41, 5.74) is 6.74. The zero-order valence-corrected chi connectivity index (χ0v) is 15.7. The summed E-state index contributed by atoms with van der Waals surface area (Å²) in [5.74, 6) is -0.219. The minimum atomic E-state index is -0.794. The van der Waals surface area contributed by atoms with E-state index in [0.717, 1.165) is 5.06 Å². The van der Waals surface area contributed by atoms with Crippen LogP contribution in [0, 0.1) is 11.6 Å². The van der Waals surface area contributed by atoms with Crippen molar-refractivity contribution in [2.45, 2.75) is 19.6 Å². The molecule has 2 N–H and O–H groups in total. The fourth-order valence-corrected chi connectivity index (χ4v) is 2.50. The van der Waals surface area contributed by atoms with Crippen molar-refractivity contribution in [3.05, 3.63) is 90.0 Å². The Morgan fingerprint density at radius 2 is 1.59 bits per heavy atom. The van der Waals surface area contributed by atoms with Crippen molar-refractivity contribution in [2.75, 3.05) is 5.06 Å². The Bertz CT molecular complexity index is 961. The summed E-state index contributed by atoms with van der Waals surface area (Å²) in [6.45, 7) is 1.54. The number of anilines is 1. The minimum absolute atomic E-state index is 0.00987. The number of halogens is 2. The van der Waals surface area contributed by atoms with Crippen LogP contribution in [0.1, 0.15) is 12.5 Å². The molecule has 3 aromatic rings. The van der Waals surface area contributed by atoms with Crippen LogP contribution in [0.3, 0.4) is 0 Å². The van der Waals surface area contributed by atoms with Gasteiger partial charge in [-0.2, -0.15) is 5.06 Å². The minimum Gasteiger partial charge on any atom is -0.457 e. The summed E-state index contributed by atoms with van der Waals surface area (Å²) in [5, 5.41) is 1.08. The van der Waals surface area contributed by atoms with Crippen molar-refractivity contribution in [1.29, 1.82) is 0 Å². The highest BCUT2D eigenvalue weighted by atomic mass is 19.1. The molecule has 0 aliphatic rings. The molecule has 1 atom stereocenters. The van der Waals surface area contributed by atoms with Gasteiger partial charge in [0.15, 0.2) is 0 Å². The highest BCUT2D eigenvalue weighted by molar-refractivity contribution is 5.94. The van der Waals surface area contributed by atoms with Crippen LogP contribution >= 0.6 is 0 Å². The first kappa shape index (κ1) is 20.4. The van der Waals surface area contributed by atoms with Crippen LogP contribution in [0.25, 0.3) is 0 Å². The van der Waals surface area contributed by atoms with E-state index in [2.05, 4.69) is 0 Å². The molecule has 29 heavy (non-hydrogen) atoms. The molecule has 3 rings (SSSR count). The Kier molecular flexibility index (Phi) is 6.54. The average Bonchev–Trinajstić information content (AvgIpc) is 2.71. The lowest BCUT2D eigenvalue weighted by Gasteiger charge is -2.24. The van der Waals surface area contributed by atoms with Gasteiger partial charge in [0.25, 0.3) is 5.91 Å². The van der Waals surface area contributed by atoms with Crippen LogP contribution in [0.4, 0.5) is 14.5 Å². The number of rotatable bonds is 7. The van der Waals surface area contributed by atoms with E-state index in [-0.39, 0.29) is 12.4 Å². The molecule has 0 fully saturated rings. The van der Waals surface area contributed by atoms with E-state index in [9.17, 15) is 13.6 Å². The number of nitrogens with two attached hydrogens (primary N) is 1. The van der Waals surface area contributed by atoms with Crippen molar-refractivity contribution in [1.82, 2.24) is 0 Å². The lowest BCUT2D eigenvalue weighted by molar-refractivity contribution is -0.127. The van der Waals surface area contributed by atoms with E-state index in [0.29, 0.717) is 22.7 Å². The normalized spacial score (nSPS) is 11.7. The number of nitrogens with zero attached hydrogens (tertiary/aromatic N) is 1. The number of hydrogen-bond donors (Lipinski definition) is 1. The molecule has 3 aromatic carbocycles. The molecule has 0 saturated heterocycles. The summed E-state index contributed by atoms with van der Waals surface area (Å²) in [6, 6.07) is 17.3. The predicted molar refractivity (Wildman–Crippen MR) is 105 cm³/mol. The second-order valence-electron chi connectivity index (χ2n) is 6.37. The summed E-state index contributed by atoms with van der Waals surface area (Å²) < 4.78 is 32.0. The second-order valence-corrected chi connectivity index (χ2v) is 6.37. The molecule has 150 valence electrons. The molecule has 0 aliphatic carbocycles. The Balaban J connectivity index is 1.74. The van der Waals surface area contributed by atoms with E-state index < -0.39 is 17.8 Å². The van der Waals surface area contributed by atoms with Crippen LogP contribution in [-0.4, -0.2) is 11.9 Å². The third kappa shape index (κ3) is 5.60. The van der Waals surface area contributed by atoms with Gasteiger partial charge in [-0.25, -0.2) is 8.78 Å². The number of hydroxylamine groups is 1. The largest absolute Gasteiger partial charge is 0.457 e. The SMILES string of the molecule is CC(N)C(=O)N(OCc1cccc(F)c1)c1ccc(Oc2ccc(F)cc2)cc1. The average molecular weight is 398 g/mol. The highest BCUT2D eigenvalue weighted by Gasteiger charge is 2.21. The van der Waals surface area contributed by atoms with Gasteiger partial charge in [-0.1, -0.05) is 12.1 Å². The van der Waals surface area contributed by atoms with Gasteiger partial charge in [0.05, 0.1) is 11.7 Å². The number of ether oxygens (including phenoxy) is 1. The number of carbonyl (C=O) groups is 1. The fourth-order valence-electron chi connectivity index (χ4n) is 2.50. The van der Waals surface area contributed by atoms with Crippen LogP contribution in [0.5, 0.6) is 11.5 Å². The van der Waals surface area contributed by atoms with Crippen molar-refractivity contribution < 1.29 is 23.1 Å². The first-order valence-electron chi connectivity index (χ1n) is 8.93. The summed E-state index contributed by atoms with van der Waals surface area (Å²) in [6.07, 6.45) is 0. The van der Waals surface area contributed by atoms with Gasteiger partial charge in [-0.3, -0.25) is 9.63 Å². The Morgan fingerprint density at radius 3 is 2.17 bits per heavy atom. The molecule has 5 nitrogen and oxygen atoms in total. The lowest BCUT2D eigenvalue weighted by Crippen LogP contribution is -2.42. The second kappa shape index (κ2) is 9.27. The molecule has 0 bridgehead atoms. The standard InChI is InChI=1S/C22H20F2N2O3/c1-15(25)22(27)26(28-14-16-3-2-4-18(24)13-16)19-7-11-21(12-8-19)29-20-9-5-17(23)6-10-20/h2-13,15H,14,25H2,1H3. The lowest BCUT2D eigenvalue weighted by atomic mass is 10.2. The maximum atomic E-state index is 13.4. The van der Waals surface area contributed by atoms with Gasteiger partial charge in [-0.05, 0) is 73.2 Å². The number of benzene rings is 3. The van der Waals surface area contributed by atoms with Gasteiger partial charge < -0.3 is 10.5 Å². The highest BCUT2D eigenvalue weighted by Crippen LogP contribution is 2.25. The molecule has 0 heterocycles. The monoisotopic (exact) mass is 398 g/mol. The van der Waals surface area contributed by atoms with E-state index >= 15 is 0 Å². The van der Waals surface area contributed by atoms with E-state index in [1.54, 1.807) is 43.3 Å². The molecule has 0 radical (unpaired) electrons. The number of carbonyl (C=O) groups excluding carboxylic acids is 1. The third-order valence-corrected chi connectivity index (χ3v) is 3.96. The van der Waals surface area contributed by atoms with E-state index in [4.69, 9.17) is 15.3 Å².